The average molecular weight is 305 g/mol. The molecule has 1 aromatic carbocycles. The van der Waals surface area contributed by atoms with Crippen molar-refractivity contribution in [3.05, 3.63) is 24.3 Å². The third-order valence-corrected chi connectivity index (χ3v) is 5.90. The summed E-state index contributed by atoms with van der Waals surface area (Å²) in [6.45, 7) is 3.24. The Morgan fingerprint density at radius 1 is 1.24 bits per heavy atom. The van der Waals surface area contributed by atoms with Crippen molar-refractivity contribution in [3.63, 3.8) is 0 Å². The van der Waals surface area contributed by atoms with Gasteiger partial charge in [0, 0.05) is 16.7 Å². The number of nitrogens with one attached hydrogen (secondary N) is 1. The summed E-state index contributed by atoms with van der Waals surface area (Å²) in [6, 6.07) is 8.95. The van der Waals surface area contributed by atoms with Gasteiger partial charge in [0.1, 0.15) is 11.9 Å². The molecule has 2 atom stereocenters. The van der Waals surface area contributed by atoms with E-state index < -0.39 is 0 Å². The van der Waals surface area contributed by atoms with Crippen LogP contribution < -0.4 is 10.1 Å². The molecule has 21 heavy (non-hydrogen) atoms. The molecule has 116 valence electrons. The second kappa shape index (κ2) is 7.55. The van der Waals surface area contributed by atoms with E-state index in [4.69, 9.17) is 4.74 Å². The first-order chi connectivity index (χ1) is 10.4. The lowest BCUT2D eigenvalue weighted by Crippen LogP contribution is -2.46. The fourth-order valence-corrected chi connectivity index (χ4v) is 4.72. The van der Waals surface area contributed by atoms with Crippen molar-refractivity contribution in [2.45, 2.75) is 62.5 Å². The van der Waals surface area contributed by atoms with Crippen LogP contribution in [0.2, 0.25) is 0 Å². The third kappa shape index (κ3) is 3.95. The van der Waals surface area contributed by atoms with Gasteiger partial charge in [-0.05, 0) is 31.0 Å². The first kappa shape index (κ1) is 15.2. The summed E-state index contributed by atoms with van der Waals surface area (Å²) in [5.74, 6) is 3.04. The van der Waals surface area contributed by atoms with Crippen LogP contribution in [-0.2, 0) is 0 Å². The highest BCUT2D eigenvalue weighted by Gasteiger charge is 2.30. The summed E-state index contributed by atoms with van der Waals surface area (Å²) >= 11 is 1.95. The molecule has 0 bridgehead atoms. The number of rotatable bonds is 5. The van der Waals surface area contributed by atoms with Crippen LogP contribution in [0.1, 0.15) is 45.4 Å². The van der Waals surface area contributed by atoms with E-state index in [0.717, 1.165) is 24.0 Å². The van der Waals surface area contributed by atoms with Crippen molar-refractivity contribution in [2.75, 3.05) is 12.3 Å². The SMILES string of the molecule is CCNC(CC1CCCCC1)C1CSc2ccccc2O1. The standard InChI is InChI=1S/C18H27NOS/c1-2-19-15(12-14-8-4-3-5-9-14)17-13-21-18-11-7-6-10-16(18)20-17/h6-7,10-11,14-15,17,19H,2-5,8-9,12-13H2,1H3. The summed E-state index contributed by atoms with van der Waals surface area (Å²) in [6.07, 6.45) is 8.70. The number of hydrogen-bond donors (Lipinski definition) is 1. The minimum atomic E-state index is 0.312. The zero-order valence-electron chi connectivity index (χ0n) is 13.0. The van der Waals surface area contributed by atoms with Crippen molar-refractivity contribution in [1.82, 2.24) is 5.32 Å². The third-order valence-electron chi connectivity index (χ3n) is 4.76. The molecule has 1 aliphatic carbocycles. The van der Waals surface area contributed by atoms with Gasteiger partial charge in [0.15, 0.2) is 0 Å². The lowest BCUT2D eigenvalue weighted by molar-refractivity contribution is 0.143. The van der Waals surface area contributed by atoms with Crippen LogP contribution in [0, 0.1) is 5.92 Å². The molecule has 1 heterocycles. The number of thioether (sulfide) groups is 1. The molecule has 3 rings (SSSR count). The maximum Gasteiger partial charge on any atom is 0.133 e. The Morgan fingerprint density at radius 2 is 2.05 bits per heavy atom. The number of likely N-dealkylation sites (N-methyl/N-ethyl adjacent to an activating group) is 1. The Morgan fingerprint density at radius 3 is 2.86 bits per heavy atom. The summed E-state index contributed by atoms with van der Waals surface area (Å²) in [4.78, 5) is 1.29. The van der Waals surface area contributed by atoms with Crippen molar-refractivity contribution < 1.29 is 4.74 Å². The lowest BCUT2D eigenvalue weighted by atomic mass is 9.84. The van der Waals surface area contributed by atoms with E-state index in [0.29, 0.717) is 12.1 Å². The Balaban J connectivity index is 1.64. The molecule has 2 aliphatic rings. The number of benzene rings is 1. The van der Waals surface area contributed by atoms with Gasteiger partial charge in [0.2, 0.25) is 0 Å². The van der Waals surface area contributed by atoms with Gasteiger partial charge < -0.3 is 10.1 Å². The smallest absolute Gasteiger partial charge is 0.133 e. The predicted octanol–water partition coefficient (Wildman–Crippen LogP) is 4.49. The van der Waals surface area contributed by atoms with Gasteiger partial charge in [0.05, 0.1) is 0 Å². The van der Waals surface area contributed by atoms with Crippen LogP contribution in [-0.4, -0.2) is 24.4 Å². The minimum absolute atomic E-state index is 0.312. The van der Waals surface area contributed by atoms with Gasteiger partial charge in [0.25, 0.3) is 0 Å². The molecule has 0 radical (unpaired) electrons. The Hall–Kier alpha value is -0.670. The van der Waals surface area contributed by atoms with Crippen LogP contribution >= 0.6 is 11.8 Å². The zero-order chi connectivity index (χ0) is 14.5. The molecular formula is C18H27NOS. The Kier molecular flexibility index (Phi) is 5.48. The Bertz CT molecular complexity index is 445. The Labute approximate surface area is 133 Å². The summed E-state index contributed by atoms with van der Waals surface area (Å²) in [5, 5.41) is 3.69. The molecular weight excluding hydrogens is 278 g/mol. The second-order valence-electron chi connectivity index (χ2n) is 6.32. The molecule has 0 spiro atoms. The highest BCUT2D eigenvalue weighted by atomic mass is 32.2. The highest BCUT2D eigenvalue weighted by Crippen LogP contribution is 2.37. The number of para-hydroxylation sites is 1. The average Bonchev–Trinajstić information content (AvgIpc) is 2.55. The first-order valence-electron chi connectivity index (χ1n) is 8.48. The highest BCUT2D eigenvalue weighted by molar-refractivity contribution is 7.99. The van der Waals surface area contributed by atoms with E-state index in [9.17, 15) is 0 Å². The molecule has 1 saturated carbocycles. The van der Waals surface area contributed by atoms with Crippen LogP contribution in [0.15, 0.2) is 29.2 Å². The second-order valence-corrected chi connectivity index (χ2v) is 7.38. The number of fused-ring (bicyclic) bond motifs is 1. The van der Waals surface area contributed by atoms with Crippen molar-refractivity contribution in [2.24, 2.45) is 5.92 Å². The molecule has 0 aromatic heterocycles. The molecule has 2 nitrogen and oxygen atoms in total. The quantitative estimate of drug-likeness (QED) is 0.866. The van der Waals surface area contributed by atoms with Gasteiger partial charge in [-0.1, -0.05) is 51.2 Å². The van der Waals surface area contributed by atoms with Crippen LogP contribution in [0.3, 0.4) is 0 Å². The van der Waals surface area contributed by atoms with Gasteiger partial charge in [-0.15, -0.1) is 11.8 Å². The molecule has 3 heteroatoms. The van der Waals surface area contributed by atoms with E-state index in [2.05, 4.69) is 36.5 Å². The van der Waals surface area contributed by atoms with E-state index in [1.165, 1.54) is 43.4 Å². The van der Waals surface area contributed by atoms with Crippen LogP contribution in [0.5, 0.6) is 5.75 Å². The van der Waals surface area contributed by atoms with Gasteiger partial charge in [-0.2, -0.15) is 0 Å². The molecule has 1 aliphatic heterocycles. The van der Waals surface area contributed by atoms with Crippen molar-refractivity contribution >= 4 is 11.8 Å². The molecule has 1 N–H and O–H groups in total. The normalized spacial score (nSPS) is 24.1. The van der Waals surface area contributed by atoms with Gasteiger partial charge in [-0.25, -0.2) is 0 Å². The maximum atomic E-state index is 6.30. The fourth-order valence-electron chi connectivity index (χ4n) is 3.64. The van der Waals surface area contributed by atoms with E-state index in [1.54, 1.807) is 0 Å². The molecule has 2 unspecified atom stereocenters. The summed E-state index contributed by atoms with van der Waals surface area (Å²) < 4.78 is 6.30. The van der Waals surface area contributed by atoms with Gasteiger partial charge >= 0.3 is 0 Å². The molecule has 0 saturated heterocycles. The van der Waals surface area contributed by atoms with Crippen LogP contribution in [0.4, 0.5) is 0 Å². The van der Waals surface area contributed by atoms with Crippen molar-refractivity contribution in [3.8, 4) is 5.75 Å². The largest absolute Gasteiger partial charge is 0.487 e. The van der Waals surface area contributed by atoms with Gasteiger partial charge in [-0.3, -0.25) is 0 Å². The summed E-state index contributed by atoms with van der Waals surface area (Å²) in [5.41, 5.74) is 0. The predicted molar refractivity (Wildman–Crippen MR) is 90.2 cm³/mol. The van der Waals surface area contributed by atoms with Crippen molar-refractivity contribution in [1.29, 1.82) is 0 Å². The minimum Gasteiger partial charge on any atom is -0.487 e. The molecule has 1 fully saturated rings. The number of ether oxygens (including phenoxy) is 1. The lowest BCUT2D eigenvalue weighted by Gasteiger charge is -2.35. The molecule has 1 aromatic rings. The monoisotopic (exact) mass is 305 g/mol. The van der Waals surface area contributed by atoms with E-state index >= 15 is 0 Å². The first-order valence-corrected chi connectivity index (χ1v) is 9.47. The number of hydrogen-bond acceptors (Lipinski definition) is 3. The topological polar surface area (TPSA) is 21.3 Å². The molecule has 0 amide bonds. The summed E-state index contributed by atoms with van der Waals surface area (Å²) in [7, 11) is 0. The van der Waals surface area contributed by atoms with E-state index in [-0.39, 0.29) is 0 Å². The maximum absolute atomic E-state index is 6.30. The fraction of sp³-hybridized carbons (Fsp3) is 0.667. The zero-order valence-corrected chi connectivity index (χ0v) is 13.8. The van der Waals surface area contributed by atoms with E-state index in [1.807, 2.05) is 11.8 Å². The van der Waals surface area contributed by atoms with Crippen LogP contribution in [0.25, 0.3) is 0 Å².